The van der Waals surface area contributed by atoms with Crippen LogP contribution in [0, 0.1) is 0 Å². The number of carbonyl (C=O) groups excluding carboxylic acids is 1. The van der Waals surface area contributed by atoms with Crippen molar-refractivity contribution in [2.45, 2.75) is 19.5 Å². The van der Waals surface area contributed by atoms with Crippen molar-refractivity contribution in [2.24, 2.45) is 0 Å². The van der Waals surface area contributed by atoms with Gasteiger partial charge in [-0.1, -0.05) is 6.07 Å². The Labute approximate surface area is 131 Å². The zero-order chi connectivity index (χ0) is 15.5. The van der Waals surface area contributed by atoms with E-state index in [0.717, 1.165) is 43.2 Å². The van der Waals surface area contributed by atoms with Gasteiger partial charge in [-0.15, -0.1) is 0 Å². The molecule has 2 aliphatic heterocycles. The van der Waals surface area contributed by atoms with Gasteiger partial charge in [0, 0.05) is 32.7 Å². The SMILES string of the molecule is CC(C(=O)NCc1ccc2c(c1)OCO2)N1CCN(C)CC1. The van der Waals surface area contributed by atoms with Gasteiger partial charge in [-0.25, -0.2) is 0 Å². The number of amides is 1. The average Bonchev–Trinajstić information content (AvgIpc) is 3.00. The molecule has 1 saturated heterocycles. The van der Waals surface area contributed by atoms with Crippen LogP contribution in [0.4, 0.5) is 0 Å². The molecule has 2 heterocycles. The zero-order valence-electron chi connectivity index (χ0n) is 13.2. The molecule has 0 saturated carbocycles. The molecule has 1 aromatic rings. The molecule has 1 N–H and O–H groups in total. The Morgan fingerprint density at radius 3 is 2.73 bits per heavy atom. The molecule has 1 fully saturated rings. The van der Waals surface area contributed by atoms with E-state index in [0.29, 0.717) is 6.54 Å². The molecule has 0 radical (unpaired) electrons. The fourth-order valence-electron chi connectivity index (χ4n) is 2.76. The summed E-state index contributed by atoms with van der Waals surface area (Å²) in [6, 6.07) is 5.66. The second kappa shape index (κ2) is 6.54. The van der Waals surface area contributed by atoms with Gasteiger partial charge in [0.05, 0.1) is 6.04 Å². The summed E-state index contributed by atoms with van der Waals surface area (Å²) in [5.41, 5.74) is 1.02. The molecule has 1 amide bonds. The number of rotatable bonds is 4. The van der Waals surface area contributed by atoms with Gasteiger partial charge in [-0.2, -0.15) is 0 Å². The van der Waals surface area contributed by atoms with E-state index in [1.807, 2.05) is 25.1 Å². The topological polar surface area (TPSA) is 54.0 Å². The molecule has 0 aromatic heterocycles. The highest BCUT2D eigenvalue weighted by Crippen LogP contribution is 2.32. The summed E-state index contributed by atoms with van der Waals surface area (Å²) in [5.74, 6) is 1.59. The van der Waals surface area contributed by atoms with Gasteiger partial charge in [0.25, 0.3) is 0 Å². The second-order valence-electron chi connectivity index (χ2n) is 5.92. The lowest BCUT2D eigenvalue weighted by Gasteiger charge is -2.35. The third-order valence-electron chi connectivity index (χ3n) is 4.37. The largest absolute Gasteiger partial charge is 0.454 e. The van der Waals surface area contributed by atoms with Gasteiger partial charge in [0.15, 0.2) is 11.5 Å². The van der Waals surface area contributed by atoms with Crippen LogP contribution in [0.5, 0.6) is 11.5 Å². The predicted octanol–water partition coefficient (Wildman–Crippen LogP) is 0.667. The highest BCUT2D eigenvalue weighted by Gasteiger charge is 2.24. The van der Waals surface area contributed by atoms with Gasteiger partial charge in [-0.3, -0.25) is 9.69 Å². The first-order valence-corrected chi connectivity index (χ1v) is 7.72. The van der Waals surface area contributed by atoms with E-state index in [-0.39, 0.29) is 18.7 Å². The number of fused-ring (bicyclic) bond motifs is 1. The molecule has 6 heteroatoms. The molecule has 6 nitrogen and oxygen atoms in total. The molecule has 0 bridgehead atoms. The van der Waals surface area contributed by atoms with Crippen LogP contribution in [-0.4, -0.2) is 61.8 Å². The summed E-state index contributed by atoms with van der Waals surface area (Å²) >= 11 is 0. The first kappa shape index (κ1) is 15.1. The average molecular weight is 305 g/mol. The minimum atomic E-state index is -0.0947. The first-order chi connectivity index (χ1) is 10.6. The van der Waals surface area contributed by atoms with Crippen LogP contribution in [-0.2, 0) is 11.3 Å². The maximum absolute atomic E-state index is 12.3. The van der Waals surface area contributed by atoms with E-state index in [4.69, 9.17) is 9.47 Å². The van der Waals surface area contributed by atoms with E-state index in [9.17, 15) is 4.79 Å². The molecule has 120 valence electrons. The normalized spacial score (nSPS) is 19.9. The maximum atomic E-state index is 12.3. The Balaban J connectivity index is 1.51. The Kier molecular flexibility index (Phi) is 4.49. The van der Waals surface area contributed by atoms with Crippen molar-refractivity contribution in [1.82, 2.24) is 15.1 Å². The summed E-state index contributed by atoms with van der Waals surface area (Å²) in [4.78, 5) is 16.8. The third-order valence-corrected chi connectivity index (χ3v) is 4.37. The lowest BCUT2D eigenvalue weighted by Crippen LogP contribution is -2.52. The maximum Gasteiger partial charge on any atom is 0.237 e. The number of likely N-dealkylation sites (N-methyl/N-ethyl adjacent to an activating group) is 1. The Bertz CT molecular complexity index is 541. The van der Waals surface area contributed by atoms with Crippen molar-refractivity contribution in [3.63, 3.8) is 0 Å². The highest BCUT2D eigenvalue weighted by atomic mass is 16.7. The molecule has 1 atom stereocenters. The van der Waals surface area contributed by atoms with Crippen LogP contribution in [0.25, 0.3) is 0 Å². The summed E-state index contributed by atoms with van der Waals surface area (Å²) in [7, 11) is 2.11. The number of benzene rings is 1. The standard InChI is InChI=1S/C16H23N3O3/c1-12(19-7-5-18(2)6-8-19)16(20)17-10-13-3-4-14-15(9-13)22-11-21-14/h3-4,9,12H,5-8,10-11H2,1-2H3,(H,17,20). The smallest absolute Gasteiger partial charge is 0.237 e. The van der Waals surface area contributed by atoms with Crippen LogP contribution in [0.3, 0.4) is 0 Å². The summed E-state index contributed by atoms with van der Waals surface area (Å²) in [6.07, 6.45) is 0. The predicted molar refractivity (Wildman–Crippen MR) is 82.9 cm³/mol. The van der Waals surface area contributed by atoms with Crippen LogP contribution < -0.4 is 14.8 Å². The van der Waals surface area contributed by atoms with Crippen LogP contribution in [0.1, 0.15) is 12.5 Å². The number of nitrogens with zero attached hydrogens (tertiary/aromatic N) is 2. The van der Waals surface area contributed by atoms with Crippen molar-refractivity contribution in [1.29, 1.82) is 0 Å². The van der Waals surface area contributed by atoms with Gasteiger partial charge < -0.3 is 19.7 Å². The molecule has 22 heavy (non-hydrogen) atoms. The number of ether oxygens (including phenoxy) is 2. The monoisotopic (exact) mass is 305 g/mol. The highest BCUT2D eigenvalue weighted by molar-refractivity contribution is 5.81. The molecule has 2 aliphatic rings. The molecule has 1 aromatic carbocycles. The van der Waals surface area contributed by atoms with Crippen LogP contribution in [0.15, 0.2) is 18.2 Å². The van der Waals surface area contributed by atoms with E-state index in [1.54, 1.807) is 0 Å². The summed E-state index contributed by atoms with van der Waals surface area (Å²) < 4.78 is 10.6. The van der Waals surface area contributed by atoms with Crippen LogP contribution >= 0.6 is 0 Å². The van der Waals surface area contributed by atoms with Gasteiger partial charge in [0.1, 0.15) is 0 Å². The third kappa shape index (κ3) is 3.34. The zero-order valence-corrected chi connectivity index (χ0v) is 13.2. The van der Waals surface area contributed by atoms with E-state index >= 15 is 0 Å². The fourth-order valence-corrected chi connectivity index (χ4v) is 2.76. The molecule has 0 aliphatic carbocycles. The number of hydrogen-bond acceptors (Lipinski definition) is 5. The van der Waals surface area contributed by atoms with E-state index in [2.05, 4.69) is 22.2 Å². The Morgan fingerprint density at radius 2 is 1.95 bits per heavy atom. The molecule has 1 unspecified atom stereocenters. The molecule has 3 rings (SSSR count). The molecular formula is C16H23N3O3. The van der Waals surface area contributed by atoms with E-state index < -0.39 is 0 Å². The summed E-state index contributed by atoms with van der Waals surface area (Å²) in [6.45, 7) is 6.66. The lowest BCUT2D eigenvalue weighted by molar-refractivity contribution is -0.126. The van der Waals surface area contributed by atoms with E-state index in [1.165, 1.54) is 0 Å². The molecule has 0 spiro atoms. The van der Waals surface area contributed by atoms with Crippen molar-refractivity contribution < 1.29 is 14.3 Å². The quantitative estimate of drug-likeness (QED) is 0.886. The molecular weight excluding hydrogens is 282 g/mol. The minimum absolute atomic E-state index is 0.0715. The fraction of sp³-hybridized carbons (Fsp3) is 0.562. The number of nitrogens with one attached hydrogen (secondary N) is 1. The van der Waals surface area contributed by atoms with Crippen molar-refractivity contribution in [2.75, 3.05) is 40.0 Å². The number of carbonyl (C=O) groups is 1. The number of hydrogen-bond donors (Lipinski definition) is 1. The lowest BCUT2D eigenvalue weighted by atomic mass is 10.2. The first-order valence-electron chi connectivity index (χ1n) is 7.72. The van der Waals surface area contributed by atoms with Crippen LogP contribution in [0.2, 0.25) is 0 Å². The summed E-state index contributed by atoms with van der Waals surface area (Å²) in [5, 5.41) is 3.01. The number of piperazine rings is 1. The minimum Gasteiger partial charge on any atom is -0.454 e. The second-order valence-corrected chi connectivity index (χ2v) is 5.92. The van der Waals surface area contributed by atoms with Gasteiger partial charge in [0.2, 0.25) is 12.7 Å². The van der Waals surface area contributed by atoms with Gasteiger partial charge in [-0.05, 0) is 31.7 Å². The Hall–Kier alpha value is -1.79. The van der Waals surface area contributed by atoms with Crippen molar-refractivity contribution in [3.8, 4) is 11.5 Å². The van der Waals surface area contributed by atoms with Gasteiger partial charge >= 0.3 is 0 Å². The van der Waals surface area contributed by atoms with Crippen molar-refractivity contribution >= 4 is 5.91 Å². The Morgan fingerprint density at radius 1 is 1.23 bits per heavy atom. The van der Waals surface area contributed by atoms with Crippen molar-refractivity contribution in [3.05, 3.63) is 23.8 Å².